The van der Waals surface area contributed by atoms with E-state index in [9.17, 15) is 4.39 Å². The standard InChI is InChI=1S/C16H16FN3O2/c17-11-5-6-15(19-9-11)14-3-1-2-4-16(14)21-10-13-7-12(8-18)20-22-13/h1-6,9,13H,7-8,10,18H2. The summed E-state index contributed by atoms with van der Waals surface area (Å²) in [5, 5.41) is 3.90. The number of hydrogen-bond acceptors (Lipinski definition) is 5. The normalized spacial score (nSPS) is 17.0. The largest absolute Gasteiger partial charge is 0.489 e. The van der Waals surface area contributed by atoms with Crippen LogP contribution in [0.5, 0.6) is 5.75 Å². The summed E-state index contributed by atoms with van der Waals surface area (Å²) in [4.78, 5) is 9.35. The minimum absolute atomic E-state index is 0.132. The molecule has 0 radical (unpaired) electrons. The van der Waals surface area contributed by atoms with E-state index < -0.39 is 0 Å². The van der Waals surface area contributed by atoms with Crippen molar-refractivity contribution < 1.29 is 14.0 Å². The molecule has 22 heavy (non-hydrogen) atoms. The predicted molar refractivity (Wildman–Crippen MR) is 81.1 cm³/mol. The van der Waals surface area contributed by atoms with Crippen LogP contribution in [0.25, 0.3) is 11.3 Å². The first kappa shape index (κ1) is 14.5. The highest BCUT2D eigenvalue weighted by Gasteiger charge is 2.21. The Morgan fingerprint density at radius 3 is 2.86 bits per heavy atom. The second-order valence-electron chi connectivity index (χ2n) is 4.96. The van der Waals surface area contributed by atoms with Gasteiger partial charge >= 0.3 is 0 Å². The number of nitrogens with zero attached hydrogens (tertiary/aromatic N) is 2. The van der Waals surface area contributed by atoms with Crippen molar-refractivity contribution in [2.75, 3.05) is 13.2 Å². The molecule has 0 amide bonds. The van der Waals surface area contributed by atoms with Gasteiger partial charge in [-0.05, 0) is 24.3 Å². The number of halogens is 1. The van der Waals surface area contributed by atoms with Crippen LogP contribution in [0.3, 0.4) is 0 Å². The Kier molecular flexibility index (Phi) is 4.29. The van der Waals surface area contributed by atoms with Crippen molar-refractivity contribution in [3.63, 3.8) is 0 Å². The second-order valence-corrected chi connectivity index (χ2v) is 4.96. The molecule has 2 N–H and O–H groups in total. The van der Waals surface area contributed by atoms with Crippen LogP contribution in [0.1, 0.15) is 6.42 Å². The van der Waals surface area contributed by atoms with Gasteiger partial charge in [-0.3, -0.25) is 4.98 Å². The van der Waals surface area contributed by atoms with E-state index in [1.54, 1.807) is 6.07 Å². The van der Waals surface area contributed by atoms with Crippen LogP contribution in [0.2, 0.25) is 0 Å². The Bertz CT molecular complexity index is 673. The van der Waals surface area contributed by atoms with E-state index in [2.05, 4.69) is 10.1 Å². The molecular formula is C16H16FN3O2. The molecule has 1 aromatic heterocycles. The van der Waals surface area contributed by atoms with Gasteiger partial charge in [-0.25, -0.2) is 4.39 Å². The van der Waals surface area contributed by atoms with Gasteiger partial charge < -0.3 is 15.3 Å². The number of pyridine rings is 1. The fourth-order valence-corrected chi connectivity index (χ4v) is 2.22. The summed E-state index contributed by atoms with van der Waals surface area (Å²) < 4.78 is 18.8. The Morgan fingerprint density at radius 2 is 2.14 bits per heavy atom. The molecule has 0 fully saturated rings. The minimum Gasteiger partial charge on any atom is -0.489 e. The van der Waals surface area contributed by atoms with Crippen LogP contribution < -0.4 is 10.5 Å². The lowest BCUT2D eigenvalue weighted by molar-refractivity contribution is 0.0472. The molecule has 0 bridgehead atoms. The molecule has 0 aliphatic carbocycles. The SMILES string of the molecule is NCC1=NOC(COc2ccccc2-c2ccc(F)cn2)C1. The summed E-state index contributed by atoms with van der Waals surface area (Å²) in [6.07, 6.45) is 1.73. The van der Waals surface area contributed by atoms with Gasteiger partial charge in [0.15, 0.2) is 6.10 Å². The first-order valence-corrected chi connectivity index (χ1v) is 7.01. The molecule has 2 heterocycles. The number of oxime groups is 1. The van der Waals surface area contributed by atoms with E-state index in [1.807, 2.05) is 24.3 Å². The van der Waals surface area contributed by atoms with E-state index >= 15 is 0 Å². The zero-order valence-electron chi connectivity index (χ0n) is 11.9. The van der Waals surface area contributed by atoms with Crippen LogP contribution in [-0.4, -0.2) is 30.0 Å². The van der Waals surface area contributed by atoms with E-state index in [1.165, 1.54) is 12.3 Å². The Labute approximate surface area is 127 Å². The number of nitrogens with two attached hydrogens (primary N) is 1. The van der Waals surface area contributed by atoms with Crippen molar-refractivity contribution in [3.8, 4) is 17.0 Å². The molecule has 6 heteroatoms. The summed E-state index contributed by atoms with van der Waals surface area (Å²) in [5.41, 5.74) is 7.82. The van der Waals surface area contributed by atoms with Crippen molar-refractivity contribution in [2.24, 2.45) is 10.9 Å². The molecule has 2 aromatic rings. The third-order valence-corrected chi connectivity index (χ3v) is 3.34. The van der Waals surface area contributed by atoms with Gasteiger partial charge in [0.1, 0.15) is 18.2 Å². The monoisotopic (exact) mass is 301 g/mol. The van der Waals surface area contributed by atoms with Crippen LogP contribution in [-0.2, 0) is 4.84 Å². The van der Waals surface area contributed by atoms with E-state index in [0.717, 1.165) is 11.3 Å². The number of ether oxygens (including phenoxy) is 1. The molecule has 5 nitrogen and oxygen atoms in total. The summed E-state index contributed by atoms with van der Waals surface area (Å²) in [6, 6.07) is 10.5. The van der Waals surface area contributed by atoms with Crippen molar-refractivity contribution >= 4 is 5.71 Å². The summed E-state index contributed by atoms with van der Waals surface area (Å²) in [7, 11) is 0. The van der Waals surface area contributed by atoms with Crippen molar-refractivity contribution in [3.05, 3.63) is 48.4 Å². The zero-order chi connectivity index (χ0) is 15.4. The lowest BCUT2D eigenvalue weighted by atomic mass is 10.1. The van der Waals surface area contributed by atoms with Gasteiger partial charge in [-0.1, -0.05) is 17.3 Å². The molecule has 1 unspecified atom stereocenters. The van der Waals surface area contributed by atoms with Crippen molar-refractivity contribution in [2.45, 2.75) is 12.5 Å². The lowest BCUT2D eigenvalue weighted by Crippen LogP contribution is -2.20. The average Bonchev–Trinajstić information content (AvgIpc) is 3.02. The number of hydrogen-bond donors (Lipinski definition) is 1. The maximum Gasteiger partial charge on any atom is 0.166 e. The van der Waals surface area contributed by atoms with E-state index in [4.69, 9.17) is 15.3 Å². The maximum absolute atomic E-state index is 13.0. The fraction of sp³-hybridized carbons (Fsp3) is 0.250. The van der Waals surface area contributed by atoms with Gasteiger partial charge in [0.25, 0.3) is 0 Å². The number of aromatic nitrogens is 1. The number of benzene rings is 1. The second kappa shape index (κ2) is 6.53. The molecule has 0 spiro atoms. The van der Waals surface area contributed by atoms with Crippen LogP contribution in [0, 0.1) is 5.82 Å². The Balaban J connectivity index is 1.71. The maximum atomic E-state index is 13.0. The zero-order valence-corrected chi connectivity index (χ0v) is 11.9. The molecular weight excluding hydrogens is 285 g/mol. The quantitative estimate of drug-likeness (QED) is 0.920. The van der Waals surface area contributed by atoms with Gasteiger partial charge in [-0.15, -0.1) is 0 Å². The third-order valence-electron chi connectivity index (χ3n) is 3.34. The van der Waals surface area contributed by atoms with Crippen molar-refractivity contribution in [1.82, 2.24) is 4.98 Å². The smallest absolute Gasteiger partial charge is 0.166 e. The van der Waals surface area contributed by atoms with Gasteiger partial charge in [0.05, 0.1) is 17.6 Å². The highest BCUT2D eigenvalue weighted by Crippen LogP contribution is 2.28. The lowest BCUT2D eigenvalue weighted by Gasteiger charge is -2.13. The fourth-order valence-electron chi connectivity index (χ4n) is 2.22. The molecule has 0 saturated heterocycles. The molecule has 1 atom stereocenters. The molecule has 1 aliphatic rings. The number of rotatable bonds is 5. The van der Waals surface area contributed by atoms with Crippen LogP contribution in [0.4, 0.5) is 4.39 Å². The summed E-state index contributed by atoms with van der Waals surface area (Å²) in [6.45, 7) is 0.762. The first-order valence-electron chi connectivity index (χ1n) is 7.01. The summed E-state index contributed by atoms with van der Waals surface area (Å²) in [5.74, 6) is 0.305. The third kappa shape index (κ3) is 3.23. The minimum atomic E-state index is -0.368. The van der Waals surface area contributed by atoms with Gasteiger partial charge in [0, 0.05) is 18.5 Å². The molecule has 114 valence electrons. The highest BCUT2D eigenvalue weighted by molar-refractivity contribution is 5.87. The Morgan fingerprint density at radius 1 is 1.27 bits per heavy atom. The summed E-state index contributed by atoms with van der Waals surface area (Å²) >= 11 is 0. The van der Waals surface area contributed by atoms with Crippen LogP contribution in [0.15, 0.2) is 47.8 Å². The number of para-hydroxylation sites is 1. The first-order chi connectivity index (χ1) is 10.8. The average molecular weight is 301 g/mol. The predicted octanol–water partition coefficient (Wildman–Crippen LogP) is 2.37. The van der Waals surface area contributed by atoms with Gasteiger partial charge in [-0.2, -0.15) is 0 Å². The molecule has 0 saturated carbocycles. The van der Waals surface area contributed by atoms with Gasteiger partial charge in [0.2, 0.25) is 0 Å². The van der Waals surface area contributed by atoms with Crippen LogP contribution >= 0.6 is 0 Å². The molecule has 1 aromatic carbocycles. The van der Waals surface area contributed by atoms with E-state index in [0.29, 0.717) is 31.0 Å². The topological polar surface area (TPSA) is 69.7 Å². The molecule has 3 rings (SSSR count). The van der Waals surface area contributed by atoms with Crippen molar-refractivity contribution in [1.29, 1.82) is 0 Å². The highest BCUT2D eigenvalue weighted by atomic mass is 19.1. The Hall–Kier alpha value is -2.47. The van der Waals surface area contributed by atoms with E-state index in [-0.39, 0.29) is 11.9 Å². The molecule has 1 aliphatic heterocycles.